The second-order valence-corrected chi connectivity index (χ2v) is 4.51. The third-order valence-corrected chi connectivity index (χ3v) is 3.18. The highest BCUT2D eigenvalue weighted by Crippen LogP contribution is 2.37. The molecule has 0 radical (unpaired) electrons. The molecule has 0 spiro atoms. The van der Waals surface area contributed by atoms with Crippen LogP contribution in [0.25, 0.3) is 0 Å². The Balaban J connectivity index is 1.96. The molecular weight excluding hydrogens is 256 g/mol. The van der Waals surface area contributed by atoms with E-state index in [1.165, 1.54) is 0 Å². The highest BCUT2D eigenvalue weighted by atomic mass is 16.3. The van der Waals surface area contributed by atoms with E-state index in [1.54, 1.807) is 11.9 Å². The predicted octanol–water partition coefficient (Wildman–Crippen LogP) is 0.808. The number of rotatable bonds is 3. The summed E-state index contributed by atoms with van der Waals surface area (Å²) in [5, 5.41) is 15.9. The molecule has 7 nitrogen and oxygen atoms in total. The van der Waals surface area contributed by atoms with E-state index in [1.807, 2.05) is 30.3 Å². The van der Waals surface area contributed by atoms with Crippen LogP contribution >= 0.6 is 0 Å². The third kappa shape index (κ3) is 2.08. The maximum absolute atomic E-state index is 10.1. The van der Waals surface area contributed by atoms with Crippen molar-refractivity contribution in [1.82, 2.24) is 9.97 Å². The monoisotopic (exact) mass is 272 g/mol. The molecule has 5 N–H and O–H groups in total. The van der Waals surface area contributed by atoms with Crippen LogP contribution in [0.4, 0.5) is 23.3 Å². The molecule has 0 bridgehead atoms. The van der Waals surface area contributed by atoms with E-state index in [2.05, 4.69) is 20.6 Å². The van der Waals surface area contributed by atoms with Gasteiger partial charge in [0.2, 0.25) is 12.3 Å². The lowest BCUT2D eigenvalue weighted by molar-refractivity contribution is 0.202. The topological polar surface area (TPSA) is 99.3 Å². The molecule has 0 aliphatic carbocycles. The molecule has 0 saturated carbocycles. The molecule has 7 heteroatoms. The van der Waals surface area contributed by atoms with Gasteiger partial charge in [-0.15, -0.1) is 0 Å². The van der Waals surface area contributed by atoms with Gasteiger partial charge in [-0.2, -0.15) is 9.97 Å². The maximum atomic E-state index is 10.1. The zero-order valence-corrected chi connectivity index (χ0v) is 11.0. The van der Waals surface area contributed by atoms with Gasteiger partial charge < -0.3 is 26.4 Å². The average Bonchev–Trinajstić information content (AvgIpc) is 2.77. The first kappa shape index (κ1) is 12.5. The van der Waals surface area contributed by atoms with Crippen molar-refractivity contribution in [3.63, 3.8) is 0 Å². The van der Waals surface area contributed by atoms with E-state index in [0.29, 0.717) is 29.8 Å². The lowest BCUT2D eigenvalue weighted by atomic mass is 10.2. The molecule has 1 aromatic carbocycles. The van der Waals surface area contributed by atoms with Gasteiger partial charge in [-0.1, -0.05) is 30.3 Å². The first-order chi connectivity index (χ1) is 9.69. The van der Waals surface area contributed by atoms with Crippen molar-refractivity contribution in [2.24, 2.45) is 0 Å². The number of hydrogen-bond donors (Lipinski definition) is 4. The van der Waals surface area contributed by atoms with E-state index in [9.17, 15) is 5.11 Å². The number of aliphatic hydroxyl groups is 1. The summed E-state index contributed by atoms with van der Waals surface area (Å²) in [6.07, 6.45) is -0.867. The molecule has 0 amide bonds. The fourth-order valence-corrected chi connectivity index (χ4v) is 2.19. The summed E-state index contributed by atoms with van der Waals surface area (Å²) >= 11 is 0. The second-order valence-electron chi connectivity index (χ2n) is 4.51. The van der Waals surface area contributed by atoms with Crippen molar-refractivity contribution in [2.75, 3.05) is 28.3 Å². The number of nitrogens with one attached hydrogen (secondary N) is 2. The summed E-state index contributed by atoms with van der Waals surface area (Å²) in [6, 6.07) is 9.86. The van der Waals surface area contributed by atoms with Gasteiger partial charge in [0, 0.05) is 13.6 Å². The number of fused-ring (bicyclic) bond motifs is 1. The number of aromatic nitrogens is 2. The summed E-state index contributed by atoms with van der Waals surface area (Å²) in [6.45, 7) is 0.529. The van der Waals surface area contributed by atoms with Gasteiger partial charge in [0.25, 0.3) is 0 Å². The van der Waals surface area contributed by atoms with Crippen molar-refractivity contribution in [3.8, 4) is 0 Å². The highest BCUT2D eigenvalue weighted by molar-refractivity contribution is 5.81. The SMILES string of the molecule is CNc1nc(N)c2c(n1)N(Cc1ccccc1)C(O)N2. The summed E-state index contributed by atoms with van der Waals surface area (Å²) in [4.78, 5) is 10.2. The summed E-state index contributed by atoms with van der Waals surface area (Å²) in [5.41, 5.74) is 7.51. The molecule has 2 aromatic rings. The van der Waals surface area contributed by atoms with Gasteiger partial charge in [0.05, 0.1) is 0 Å². The molecule has 2 heterocycles. The van der Waals surface area contributed by atoms with Crippen LogP contribution in [0.3, 0.4) is 0 Å². The Morgan fingerprint density at radius 3 is 2.80 bits per heavy atom. The fourth-order valence-electron chi connectivity index (χ4n) is 2.19. The molecule has 1 unspecified atom stereocenters. The smallest absolute Gasteiger partial charge is 0.226 e. The molecule has 1 aliphatic rings. The standard InChI is InChI=1S/C13H16N6O/c1-15-12-17-10(14)9-11(18-12)19(13(20)16-9)7-8-5-3-2-4-6-8/h2-6,13,16,20H,7H2,1H3,(H3,14,15,17,18). The predicted molar refractivity (Wildman–Crippen MR) is 78.2 cm³/mol. The highest BCUT2D eigenvalue weighted by Gasteiger charge is 2.31. The van der Waals surface area contributed by atoms with E-state index < -0.39 is 6.35 Å². The van der Waals surface area contributed by atoms with Gasteiger partial charge in [-0.25, -0.2) is 0 Å². The molecule has 1 atom stereocenters. The van der Waals surface area contributed by atoms with Crippen LogP contribution in [-0.4, -0.2) is 28.5 Å². The number of hydrogen-bond acceptors (Lipinski definition) is 7. The van der Waals surface area contributed by atoms with Crippen molar-refractivity contribution in [3.05, 3.63) is 35.9 Å². The summed E-state index contributed by atoms with van der Waals surface area (Å²) in [5.74, 6) is 1.34. The van der Waals surface area contributed by atoms with Crippen molar-refractivity contribution >= 4 is 23.3 Å². The minimum Gasteiger partial charge on any atom is -0.382 e. The van der Waals surface area contributed by atoms with Crippen LogP contribution in [0, 0.1) is 0 Å². The zero-order chi connectivity index (χ0) is 14.1. The fraction of sp³-hybridized carbons (Fsp3) is 0.231. The Morgan fingerprint density at radius 1 is 1.35 bits per heavy atom. The molecule has 1 aliphatic heterocycles. The van der Waals surface area contributed by atoms with Crippen LogP contribution in [0.2, 0.25) is 0 Å². The summed E-state index contributed by atoms with van der Waals surface area (Å²) in [7, 11) is 1.72. The van der Waals surface area contributed by atoms with Crippen LogP contribution in [0.15, 0.2) is 30.3 Å². The Bertz CT molecular complexity index is 618. The second kappa shape index (κ2) is 4.86. The van der Waals surface area contributed by atoms with Crippen LogP contribution in [0.1, 0.15) is 5.56 Å². The van der Waals surface area contributed by atoms with Crippen molar-refractivity contribution in [1.29, 1.82) is 0 Å². The molecule has 104 valence electrons. The molecule has 20 heavy (non-hydrogen) atoms. The van der Waals surface area contributed by atoms with Gasteiger partial charge in [-0.05, 0) is 5.56 Å². The number of anilines is 4. The lowest BCUT2D eigenvalue weighted by Crippen LogP contribution is -2.35. The summed E-state index contributed by atoms with van der Waals surface area (Å²) < 4.78 is 0. The molecule has 3 rings (SSSR count). The third-order valence-electron chi connectivity index (χ3n) is 3.18. The molecule has 0 saturated heterocycles. The van der Waals surface area contributed by atoms with Gasteiger partial charge in [-0.3, -0.25) is 0 Å². The van der Waals surface area contributed by atoms with E-state index >= 15 is 0 Å². The number of nitrogen functional groups attached to an aromatic ring is 1. The normalized spacial score (nSPS) is 16.7. The largest absolute Gasteiger partial charge is 0.382 e. The first-order valence-electron chi connectivity index (χ1n) is 6.29. The average molecular weight is 272 g/mol. The zero-order valence-electron chi connectivity index (χ0n) is 11.0. The van der Waals surface area contributed by atoms with Crippen LogP contribution in [0.5, 0.6) is 0 Å². The van der Waals surface area contributed by atoms with E-state index in [0.717, 1.165) is 5.56 Å². The quantitative estimate of drug-likeness (QED) is 0.656. The first-order valence-corrected chi connectivity index (χ1v) is 6.29. The van der Waals surface area contributed by atoms with Gasteiger partial charge in [0.15, 0.2) is 11.6 Å². The Morgan fingerprint density at radius 2 is 2.10 bits per heavy atom. The van der Waals surface area contributed by atoms with E-state index in [-0.39, 0.29) is 0 Å². The Labute approximate surface area is 116 Å². The Hall–Kier alpha value is -2.54. The van der Waals surface area contributed by atoms with E-state index in [4.69, 9.17) is 5.73 Å². The lowest BCUT2D eigenvalue weighted by Gasteiger charge is -2.21. The molecule has 0 fully saturated rings. The number of aliphatic hydroxyl groups excluding tert-OH is 1. The van der Waals surface area contributed by atoms with Crippen molar-refractivity contribution < 1.29 is 5.11 Å². The molecule has 1 aromatic heterocycles. The number of nitrogens with zero attached hydrogens (tertiary/aromatic N) is 3. The van der Waals surface area contributed by atoms with Crippen LogP contribution < -0.4 is 21.3 Å². The number of nitrogens with two attached hydrogens (primary N) is 1. The van der Waals surface area contributed by atoms with Crippen molar-refractivity contribution in [2.45, 2.75) is 12.9 Å². The Kier molecular flexibility index (Phi) is 3.03. The van der Waals surface area contributed by atoms with Gasteiger partial charge in [0.1, 0.15) is 5.69 Å². The van der Waals surface area contributed by atoms with Crippen LogP contribution in [-0.2, 0) is 6.54 Å². The minimum absolute atomic E-state index is 0.314. The number of benzene rings is 1. The maximum Gasteiger partial charge on any atom is 0.226 e. The molecular formula is C13H16N6O. The van der Waals surface area contributed by atoms with Gasteiger partial charge >= 0.3 is 0 Å². The minimum atomic E-state index is -0.867.